The molecular weight excluding hydrogens is 687 g/mol. The third kappa shape index (κ3) is 5.45. The Labute approximate surface area is 335 Å². The van der Waals surface area contributed by atoms with Gasteiger partial charge in [0.2, 0.25) is 0 Å². The molecule has 0 N–H and O–H groups in total. The number of fused-ring (bicyclic) bond motifs is 10. The summed E-state index contributed by atoms with van der Waals surface area (Å²) in [5.74, 6) is 0. The van der Waals surface area contributed by atoms with Crippen LogP contribution in [0.15, 0.2) is 194 Å². The van der Waals surface area contributed by atoms with Crippen molar-refractivity contribution in [3.63, 3.8) is 0 Å². The van der Waals surface area contributed by atoms with E-state index in [4.69, 9.17) is 0 Å². The molecule has 0 aliphatic heterocycles. The Morgan fingerprint density at radius 3 is 1.72 bits per heavy atom. The van der Waals surface area contributed by atoms with Gasteiger partial charge < -0.3 is 4.57 Å². The van der Waals surface area contributed by atoms with Gasteiger partial charge in [-0.05, 0) is 110 Å². The smallest absolute Gasteiger partial charge is 0.0726 e. The highest BCUT2D eigenvalue weighted by molar-refractivity contribution is 6.17. The minimum Gasteiger partial charge on any atom is -0.309 e. The van der Waals surface area contributed by atoms with Crippen molar-refractivity contribution in [2.24, 2.45) is 0 Å². The molecule has 0 radical (unpaired) electrons. The van der Waals surface area contributed by atoms with Crippen molar-refractivity contribution in [2.75, 3.05) is 0 Å². The number of benzene rings is 9. The largest absolute Gasteiger partial charge is 0.309 e. The molecule has 2 aliphatic rings. The number of aromatic nitrogens is 1. The lowest BCUT2D eigenvalue weighted by Crippen LogP contribution is -2.26. The molecule has 1 heteroatoms. The zero-order valence-electron chi connectivity index (χ0n) is 32.8. The lowest BCUT2D eigenvalue weighted by atomic mass is 9.70. The van der Waals surface area contributed by atoms with Crippen LogP contribution in [0.3, 0.4) is 0 Å². The molecule has 1 nitrogen and oxygen atoms in total. The summed E-state index contributed by atoms with van der Waals surface area (Å²) in [6.45, 7) is 6.40. The van der Waals surface area contributed by atoms with Crippen LogP contribution in [0.25, 0.3) is 60.2 Å². The normalized spacial score (nSPS) is 12.8. The molecule has 0 saturated carbocycles. The first-order chi connectivity index (χ1) is 28.1. The van der Waals surface area contributed by atoms with Gasteiger partial charge in [0, 0.05) is 16.5 Å². The highest BCUT2D eigenvalue weighted by Crippen LogP contribution is 2.62. The molecule has 2 aliphatic carbocycles. The summed E-state index contributed by atoms with van der Waals surface area (Å²) in [4.78, 5) is 0. The summed E-state index contributed by atoms with van der Waals surface area (Å²) >= 11 is 0. The second kappa shape index (κ2) is 14.1. The maximum Gasteiger partial charge on any atom is 0.0726 e. The third-order valence-electron chi connectivity index (χ3n) is 11.9. The fourth-order valence-corrected chi connectivity index (χ4v) is 9.72. The minimum absolute atomic E-state index is 0.263. The van der Waals surface area contributed by atoms with Gasteiger partial charge >= 0.3 is 0 Å². The summed E-state index contributed by atoms with van der Waals surface area (Å²) in [5, 5.41) is 8.15. The Hall–Kier alpha value is -6.70. The van der Waals surface area contributed by atoms with E-state index < -0.39 is 0 Å². The number of aryl methyl sites for hydroxylation is 1. The summed E-state index contributed by atoms with van der Waals surface area (Å²) in [5.41, 5.74) is 15.9. The van der Waals surface area contributed by atoms with E-state index in [1.165, 1.54) is 106 Å². The van der Waals surface area contributed by atoms with E-state index in [1.807, 2.05) is 0 Å². The number of nitrogens with zero attached hydrogens (tertiary/aromatic N) is 1. The molecular formula is C56H45N. The molecule has 1 heterocycles. The van der Waals surface area contributed by atoms with Crippen molar-refractivity contribution < 1.29 is 0 Å². The molecule has 0 fully saturated rings. The van der Waals surface area contributed by atoms with Crippen LogP contribution in [0.1, 0.15) is 59.2 Å². The van der Waals surface area contributed by atoms with Crippen LogP contribution in [0.4, 0.5) is 0 Å². The quantitative estimate of drug-likeness (QED) is 0.159. The van der Waals surface area contributed by atoms with E-state index >= 15 is 0 Å². The van der Waals surface area contributed by atoms with Gasteiger partial charge in [-0.25, -0.2) is 0 Å². The lowest BCUT2D eigenvalue weighted by Gasteiger charge is -2.31. The molecule has 0 amide bonds. The van der Waals surface area contributed by atoms with Gasteiger partial charge in [0.1, 0.15) is 0 Å². The van der Waals surface area contributed by atoms with Gasteiger partial charge in [-0.2, -0.15) is 0 Å². The molecule has 1 spiro atoms. The second-order valence-electron chi connectivity index (χ2n) is 15.6. The first-order valence-corrected chi connectivity index (χ1v) is 20.4. The number of rotatable bonds is 3. The summed E-state index contributed by atoms with van der Waals surface area (Å²) < 4.78 is 2.34. The van der Waals surface area contributed by atoms with E-state index in [1.54, 1.807) is 0 Å². The molecule has 0 bridgehead atoms. The summed E-state index contributed by atoms with van der Waals surface area (Å²) in [6.07, 6.45) is 2.20. The van der Waals surface area contributed by atoms with Gasteiger partial charge in [0.05, 0.1) is 16.4 Å². The topological polar surface area (TPSA) is 4.93 Å². The van der Waals surface area contributed by atoms with Crippen LogP contribution in [0, 0.1) is 6.92 Å². The molecule has 0 saturated heterocycles. The molecule has 0 atom stereocenters. The Morgan fingerprint density at radius 2 is 1.00 bits per heavy atom. The first kappa shape index (κ1) is 34.8. The first-order valence-electron chi connectivity index (χ1n) is 20.4. The minimum atomic E-state index is -0.263. The van der Waals surface area contributed by atoms with E-state index in [9.17, 15) is 0 Å². The summed E-state index contributed by atoms with van der Waals surface area (Å²) in [7, 11) is 0. The fourth-order valence-electron chi connectivity index (χ4n) is 9.72. The van der Waals surface area contributed by atoms with Gasteiger partial charge in [0.15, 0.2) is 0 Å². The molecule has 9 aromatic carbocycles. The number of para-hydroxylation sites is 2. The van der Waals surface area contributed by atoms with Crippen molar-refractivity contribution in [3.8, 4) is 16.8 Å². The van der Waals surface area contributed by atoms with E-state index in [2.05, 4.69) is 219 Å². The Morgan fingerprint density at radius 1 is 0.421 bits per heavy atom. The number of hydrogen-bond acceptors (Lipinski definition) is 0. The maximum absolute atomic E-state index is 2.49. The molecule has 57 heavy (non-hydrogen) atoms. The van der Waals surface area contributed by atoms with Crippen molar-refractivity contribution in [1.29, 1.82) is 0 Å². The summed E-state index contributed by atoms with van der Waals surface area (Å²) in [6, 6.07) is 71.2. The van der Waals surface area contributed by atoms with Crippen molar-refractivity contribution in [1.82, 2.24) is 4.57 Å². The van der Waals surface area contributed by atoms with Gasteiger partial charge in [-0.1, -0.05) is 190 Å². The average molecular weight is 732 g/mol. The Balaban J connectivity index is 0.000000146. The molecule has 10 aromatic rings. The van der Waals surface area contributed by atoms with Gasteiger partial charge in [-0.15, -0.1) is 0 Å². The van der Waals surface area contributed by atoms with Crippen molar-refractivity contribution >= 4 is 43.4 Å². The lowest BCUT2D eigenvalue weighted by molar-refractivity contribution is 0.795. The third-order valence-corrected chi connectivity index (χ3v) is 11.9. The molecule has 1 aromatic heterocycles. The van der Waals surface area contributed by atoms with Crippen LogP contribution in [-0.2, 0) is 11.8 Å². The maximum atomic E-state index is 2.49. The van der Waals surface area contributed by atoms with E-state index in [-0.39, 0.29) is 5.41 Å². The van der Waals surface area contributed by atoms with E-state index in [0.29, 0.717) is 0 Å². The van der Waals surface area contributed by atoms with Gasteiger partial charge in [0.25, 0.3) is 0 Å². The standard InChI is InChI=1S/C34H22.C19H15N.C3H8/c1-2-8-22(9-3-1)20-23-16-19-27-26-12-4-5-13-28(26)34(31(27)21-23)29-14-6-10-24-17-18-25-11-7-15-30(34)33(25)32(24)29;1-14-11-12-19-17(13-14)16-9-5-6-10-18(16)20(19)15-7-3-2-4-8-15;1-3-2/h1-19,21H,20H2;2-13H,1H3;3H2,1-2H3. The molecule has 12 rings (SSSR count). The average Bonchev–Trinajstić information content (AvgIpc) is 3.86. The Bertz CT molecular complexity index is 3030. The van der Waals surface area contributed by atoms with Gasteiger partial charge in [-0.3, -0.25) is 0 Å². The SMILES string of the molecule is CCC.Cc1ccc2c(c1)c1ccccc1n2-c1ccccc1.c1ccc(Cc2ccc3c(c2)C2(c4ccccc4-3)c3cccc4ccc5cccc2c5c34)cc1. The van der Waals surface area contributed by atoms with Crippen LogP contribution < -0.4 is 0 Å². The fraction of sp³-hybridized carbons (Fsp3) is 0.107. The number of hydrogen-bond donors (Lipinski definition) is 0. The highest BCUT2D eigenvalue weighted by atomic mass is 15.0. The van der Waals surface area contributed by atoms with Crippen LogP contribution >= 0.6 is 0 Å². The van der Waals surface area contributed by atoms with Crippen molar-refractivity contribution in [3.05, 3.63) is 233 Å². The predicted molar refractivity (Wildman–Crippen MR) is 243 cm³/mol. The monoisotopic (exact) mass is 731 g/mol. The van der Waals surface area contributed by atoms with Crippen LogP contribution in [0.2, 0.25) is 0 Å². The molecule has 0 unspecified atom stereocenters. The predicted octanol–water partition coefficient (Wildman–Crippen LogP) is 14.8. The Kier molecular flexibility index (Phi) is 8.60. The van der Waals surface area contributed by atoms with Crippen LogP contribution in [0.5, 0.6) is 0 Å². The van der Waals surface area contributed by atoms with Crippen molar-refractivity contribution in [2.45, 2.75) is 39.0 Å². The van der Waals surface area contributed by atoms with Crippen LogP contribution in [-0.4, -0.2) is 4.57 Å². The zero-order valence-corrected chi connectivity index (χ0v) is 32.8. The second-order valence-corrected chi connectivity index (χ2v) is 15.6. The highest BCUT2D eigenvalue weighted by Gasteiger charge is 2.50. The zero-order chi connectivity index (χ0) is 38.5. The molecule has 274 valence electrons. The van der Waals surface area contributed by atoms with E-state index in [0.717, 1.165) is 6.42 Å².